The summed E-state index contributed by atoms with van der Waals surface area (Å²) >= 11 is 0. The topological polar surface area (TPSA) is 64.6 Å². The van der Waals surface area contributed by atoms with E-state index in [0.717, 1.165) is 48.1 Å². The third kappa shape index (κ3) is 3.56. The Morgan fingerprint density at radius 1 is 1.28 bits per heavy atom. The van der Waals surface area contributed by atoms with Gasteiger partial charge in [0.25, 0.3) is 0 Å². The Morgan fingerprint density at radius 2 is 2.06 bits per heavy atom. The van der Waals surface area contributed by atoms with Crippen molar-refractivity contribution in [2.75, 3.05) is 13.7 Å². The summed E-state index contributed by atoms with van der Waals surface area (Å²) in [6.45, 7) is 8.49. The molecule has 1 aromatic carbocycles. The van der Waals surface area contributed by atoms with Crippen LogP contribution in [0.1, 0.15) is 69.9 Å². The van der Waals surface area contributed by atoms with E-state index in [1.807, 2.05) is 12.1 Å². The number of ether oxygens (including phenoxy) is 2. The summed E-state index contributed by atoms with van der Waals surface area (Å²) in [5, 5.41) is 3.63. The lowest BCUT2D eigenvalue weighted by atomic mass is 9.57. The Balaban J connectivity index is 1.84. The molecule has 4 atom stereocenters. The maximum atomic E-state index is 14.1. The summed E-state index contributed by atoms with van der Waals surface area (Å²) in [4.78, 5) is 26.5. The molecule has 1 heterocycles. The minimum atomic E-state index is -0.792. The van der Waals surface area contributed by atoms with Gasteiger partial charge in [-0.25, -0.2) is 4.79 Å². The summed E-state index contributed by atoms with van der Waals surface area (Å²) in [6, 6.07) is 6.13. The smallest absolute Gasteiger partial charge is 0.332 e. The first-order chi connectivity index (χ1) is 15.2. The van der Waals surface area contributed by atoms with Crippen LogP contribution in [0.3, 0.4) is 0 Å². The first-order valence-electron chi connectivity index (χ1n) is 11.8. The summed E-state index contributed by atoms with van der Waals surface area (Å²) < 4.78 is 10.8. The lowest BCUT2D eigenvalue weighted by Crippen LogP contribution is -2.48. The number of hydrogen-bond donors (Lipinski definition) is 1. The fourth-order valence-electron chi connectivity index (χ4n) is 6.33. The Kier molecular flexibility index (Phi) is 5.95. The third-order valence-corrected chi connectivity index (χ3v) is 7.79. The highest BCUT2D eigenvalue weighted by Gasteiger charge is 2.62. The van der Waals surface area contributed by atoms with Crippen molar-refractivity contribution in [2.24, 2.45) is 11.3 Å². The molecule has 2 aliphatic carbocycles. The number of hydrogen-bond acceptors (Lipinski definition) is 5. The monoisotopic (exact) mass is 437 g/mol. The number of Topliss-reactive ketones (excluding diaryl/α,β-unsaturated/α-hetero) is 1. The minimum Gasteiger partial charge on any atom is -0.496 e. The molecule has 0 amide bonds. The molecule has 1 aromatic rings. The zero-order valence-corrected chi connectivity index (χ0v) is 19.9. The molecule has 1 saturated heterocycles. The standard InChI is InChI=1S/C27H35NO4/c1-6-32-25(30)15-23-27(22-9-7-8-12-26(22,4)28-23)16-18(3)19(14-24(27)29)20-13-17(2)10-11-21(20)31-5/h10-11,13,15-16,19,22,28H,6-9,12,14H2,1-5H3/b23-15-/t19-,22+,26-,27+/m1/s1. The van der Waals surface area contributed by atoms with E-state index in [2.05, 4.69) is 38.2 Å². The SMILES string of the molecule is CCOC(=O)/C=C1\N[C@]2(C)CCCC[C@@H]2[C@@]12C=C(C)[C@H](c1cc(C)ccc1OC)CC2=O. The van der Waals surface area contributed by atoms with Crippen LogP contribution in [-0.4, -0.2) is 31.0 Å². The molecule has 5 nitrogen and oxygen atoms in total. The number of rotatable bonds is 4. The van der Waals surface area contributed by atoms with Crippen LogP contribution >= 0.6 is 0 Å². The largest absolute Gasteiger partial charge is 0.496 e. The van der Waals surface area contributed by atoms with Gasteiger partial charge in [0, 0.05) is 41.1 Å². The molecule has 1 N–H and O–H groups in total. The minimum absolute atomic E-state index is 0.0257. The van der Waals surface area contributed by atoms with Gasteiger partial charge in [-0.15, -0.1) is 0 Å². The summed E-state index contributed by atoms with van der Waals surface area (Å²) in [7, 11) is 1.67. The molecule has 3 aliphatic rings. The second-order valence-electron chi connectivity index (χ2n) is 9.83. The van der Waals surface area contributed by atoms with Gasteiger partial charge < -0.3 is 14.8 Å². The quantitative estimate of drug-likeness (QED) is 0.408. The fraction of sp³-hybridized carbons (Fsp3) is 0.556. The number of carbonyl (C=O) groups excluding carboxylic acids is 2. The molecular weight excluding hydrogens is 402 g/mol. The van der Waals surface area contributed by atoms with Crippen molar-refractivity contribution in [2.45, 2.75) is 71.3 Å². The molecule has 172 valence electrons. The van der Waals surface area contributed by atoms with Crippen LogP contribution in [0.5, 0.6) is 5.75 Å². The Labute approximate surface area is 191 Å². The van der Waals surface area contributed by atoms with E-state index in [0.29, 0.717) is 18.7 Å². The Hall–Kier alpha value is -2.56. The first-order valence-corrected chi connectivity index (χ1v) is 11.8. The number of benzene rings is 1. The van der Waals surface area contributed by atoms with E-state index in [1.165, 1.54) is 6.08 Å². The number of nitrogens with one attached hydrogen (secondary N) is 1. The van der Waals surface area contributed by atoms with Gasteiger partial charge in [0.05, 0.1) is 19.1 Å². The van der Waals surface area contributed by atoms with Gasteiger partial charge in [0.15, 0.2) is 0 Å². The number of methoxy groups -OCH3 is 1. The van der Waals surface area contributed by atoms with Crippen LogP contribution in [0.2, 0.25) is 0 Å². The van der Waals surface area contributed by atoms with E-state index in [-0.39, 0.29) is 23.2 Å². The number of fused-ring (bicyclic) bond motifs is 2. The Morgan fingerprint density at radius 3 is 2.78 bits per heavy atom. The van der Waals surface area contributed by atoms with Gasteiger partial charge in [-0.05, 0) is 46.6 Å². The summed E-state index contributed by atoms with van der Waals surface area (Å²) in [5.41, 5.74) is 3.07. The average Bonchev–Trinajstić information content (AvgIpc) is 2.99. The lowest BCUT2D eigenvalue weighted by molar-refractivity contribution is -0.137. The predicted octanol–water partition coefficient (Wildman–Crippen LogP) is 4.99. The molecule has 5 heteroatoms. The highest BCUT2D eigenvalue weighted by molar-refractivity contribution is 5.96. The van der Waals surface area contributed by atoms with Crippen LogP contribution in [0, 0.1) is 18.3 Å². The molecule has 1 aliphatic heterocycles. The van der Waals surface area contributed by atoms with Crippen molar-refractivity contribution in [3.05, 3.63) is 52.7 Å². The van der Waals surface area contributed by atoms with Crippen LogP contribution in [0.4, 0.5) is 0 Å². The van der Waals surface area contributed by atoms with Crippen LogP contribution in [0.15, 0.2) is 41.6 Å². The van der Waals surface area contributed by atoms with Crippen molar-refractivity contribution in [1.29, 1.82) is 0 Å². The zero-order valence-electron chi connectivity index (χ0n) is 19.9. The molecule has 1 spiro atoms. The maximum absolute atomic E-state index is 14.1. The van der Waals surface area contributed by atoms with Crippen LogP contribution in [0.25, 0.3) is 0 Å². The van der Waals surface area contributed by atoms with Crippen molar-refractivity contribution in [3.8, 4) is 5.75 Å². The van der Waals surface area contributed by atoms with E-state index in [1.54, 1.807) is 14.0 Å². The molecule has 32 heavy (non-hydrogen) atoms. The third-order valence-electron chi connectivity index (χ3n) is 7.79. The van der Waals surface area contributed by atoms with Crippen molar-refractivity contribution < 1.29 is 19.1 Å². The highest BCUT2D eigenvalue weighted by atomic mass is 16.5. The Bertz CT molecular complexity index is 993. The molecule has 0 radical (unpaired) electrons. The van der Waals surface area contributed by atoms with Gasteiger partial charge in [-0.2, -0.15) is 0 Å². The van der Waals surface area contributed by atoms with E-state index in [4.69, 9.17) is 9.47 Å². The average molecular weight is 438 g/mol. The maximum Gasteiger partial charge on any atom is 0.332 e. The van der Waals surface area contributed by atoms with Gasteiger partial charge in [0.1, 0.15) is 11.5 Å². The van der Waals surface area contributed by atoms with E-state index < -0.39 is 11.4 Å². The molecule has 0 unspecified atom stereocenters. The molecule has 0 aromatic heterocycles. The van der Waals surface area contributed by atoms with Gasteiger partial charge >= 0.3 is 5.97 Å². The van der Waals surface area contributed by atoms with Gasteiger partial charge in [-0.3, -0.25) is 4.79 Å². The second kappa shape index (κ2) is 8.42. The highest BCUT2D eigenvalue weighted by Crippen LogP contribution is 2.59. The molecule has 1 saturated carbocycles. The molecule has 0 bridgehead atoms. The zero-order chi connectivity index (χ0) is 23.1. The first kappa shape index (κ1) is 22.6. The van der Waals surface area contributed by atoms with Crippen LogP contribution in [-0.2, 0) is 14.3 Å². The van der Waals surface area contributed by atoms with E-state index >= 15 is 0 Å². The van der Waals surface area contributed by atoms with Gasteiger partial charge in [0.2, 0.25) is 0 Å². The number of allylic oxidation sites excluding steroid dienone is 2. The van der Waals surface area contributed by atoms with E-state index in [9.17, 15) is 9.59 Å². The number of esters is 1. The lowest BCUT2D eigenvalue weighted by Gasteiger charge is -2.43. The summed E-state index contributed by atoms with van der Waals surface area (Å²) in [6.07, 6.45) is 8.28. The number of carbonyl (C=O) groups is 2. The van der Waals surface area contributed by atoms with Crippen LogP contribution < -0.4 is 10.1 Å². The summed E-state index contributed by atoms with van der Waals surface area (Å²) in [5.74, 6) is 0.703. The molecular formula is C27H35NO4. The van der Waals surface area contributed by atoms with Crippen molar-refractivity contribution in [1.82, 2.24) is 5.32 Å². The molecule has 2 fully saturated rings. The van der Waals surface area contributed by atoms with Crippen molar-refractivity contribution in [3.63, 3.8) is 0 Å². The number of ketones is 1. The predicted molar refractivity (Wildman–Crippen MR) is 125 cm³/mol. The second-order valence-corrected chi connectivity index (χ2v) is 9.83. The van der Waals surface area contributed by atoms with Gasteiger partial charge in [-0.1, -0.05) is 42.2 Å². The fourth-order valence-corrected chi connectivity index (χ4v) is 6.33. The number of aryl methyl sites for hydroxylation is 1. The van der Waals surface area contributed by atoms with Crippen molar-refractivity contribution >= 4 is 11.8 Å². The normalized spacial score (nSPS) is 33.0. The molecule has 4 rings (SSSR count).